The second-order valence-corrected chi connectivity index (χ2v) is 3.38. The zero-order valence-electron chi connectivity index (χ0n) is 7.90. The Morgan fingerprint density at radius 1 is 1.57 bits per heavy atom. The molecule has 0 aromatic carbocycles. The number of hydrogen-bond donors (Lipinski definition) is 1. The summed E-state index contributed by atoms with van der Waals surface area (Å²) in [5, 5.41) is 3.69. The van der Waals surface area contributed by atoms with Gasteiger partial charge in [0.2, 0.25) is 0 Å². The van der Waals surface area contributed by atoms with E-state index in [2.05, 4.69) is 5.16 Å². The normalized spacial score (nSPS) is 16.2. The first-order chi connectivity index (χ1) is 6.81. The van der Waals surface area contributed by atoms with E-state index in [-0.39, 0.29) is 12.5 Å². The first-order valence-corrected chi connectivity index (χ1v) is 4.76. The maximum absolute atomic E-state index is 11.7. The van der Waals surface area contributed by atoms with Crippen molar-refractivity contribution in [3.63, 3.8) is 0 Å². The summed E-state index contributed by atoms with van der Waals surface area (Å²) in [6.45, 7) is 1.92. The van der Waals surface area contributed by atoms with Crippen molar-refractivity contribution in [2.24, 2.45) is 5.73 Å². The summed E-state index contributed by atoms with van der Waals surface area (Å²) in [5.41, 5.74) is 5.73. The quantitative estimate of drug-likeness (QED) is 0.740. The van der Waals surface area contributed by atoms with E-state index in [0.29, 0.717) is 11.5 Å². The molecule has 2 heterocycles. The van der Waals surface area contributed by atoms with Crippen LogP contribution in [0.5, 0.6) is 0 Å². The Labute approximate surface area is 81.8 Å². The molecular weight excluding hydrogens is 182 g/mol. The molecule has 1 aromatic heterocycles. The number of likely N-dealkylation sites (tertiary alicyclic amines) is 1. The molecule has 76 valence electrons. The third-order valence-electron chi connectivity index (χ3n) is 2.37. The lowest BCUT2D eigenvalue weighted by molar-refractivity contribution is 0.0782. The summed E-state index contributed by atoms with van der Waals surface area (Å²) in [6.07, 6.45) is 2.15. The van der Waals surface area contributed by atoms with Crippen molar-refractivity contribution in [1.82, 2.24) is 10.1 Å². The third kappa shape index (κ3) is 1.63. The Balaban J connectivity index is 2.09. The Hall–Kier alpha value is -1.36. The van der Waals surface area contributed by atoms with E-state index < -0.39 is 0 Å². The number of carbonyl (C=O) groups excluding carboxylic acids is 1. The minimum absolute atomic E-state index is 0.0500. The summed E-state index contributed by atoms with van der Waals surface area (Å²) in [5.74, 6) is 0.499. The molecule has 1 aliphatic heterocycles. The highest BCUT2D eigenvalue weighted by molar-refractivity contribution is 5.92. The number of hydrogen-bond acceptors (Lipinski definition) is 4. The molecule has 0 aliphatic carbocycles. The van der Waals surface area contributed by atoms with Gasteiger partial charge in [0.05, 0.1) is 6.54 Å². The zero-order valence-corrected chi connectivity index (χ0v) is 7.90. The zero-order chi connectivity index (χ0) is 9.97. The predicted molar refractivity (Wildman–Crippen MR) is 49.5 cm³/mol. The van der Waals surface area contributed by atoms with Crippen molar-refractivity contribution in [1.29, 1.82) is 0 Å². The summed E-state index contributed by atoms with van der Waals surface area (Å²) >= 11 is 0. The Morgan fingerprint density at radius 3 is 2.86 bits per heavy atom. The van der Waals surface area contributed by atoms with Crippen molar-refractivity contribution < 1.29 is 9.32 Å². The summed E-state index contributed by atoms with van der Waals surface area (Å²) in [4.78, 5) is 13.5. The SMILES string of the molecule is NCc1cc(C(=O)N2CCCC2)no1. The van der Waals surface area contributed by atoms with Crippen LogP contribution in [0.2, 0.25) is 0 Å². The highest BCUT2D eigenvalue weighted by Gasteiger charge is 2.22. The van der Waals surface area contributed by atoms with Crippen molar-refractivity contribution >= 4 is 5.91 Å². The molecule has 0 unspecified atom stereocenters. The van der Waals surface area contributed by atoms with Crippen molar-refractivity contribution in [2.75, 3.05) is 13.1 Å². The van der Waals surface area contributed by atoms with Crippen LogP contribution in [0.1, 0.15) is 29.1 Å². The molecular formula is C9H13N3O2. The lowest BCUT2D eigenvalue weighted by Gasteiger charge is -2.12. The van der Waals surface area contributed by atoms with Gasteiger partial charge >= 0.3 is 0 Å². The fourth-order valence-corrected chi connectivity index (χ4v) is 1.59. The number of carbonyl (C=O) groups is 1. The summed E-state index contributed by atoms with van der Waals surface area (Å²) in [6, 6.07) is 1.61. The average Bonchev–Trinajstić information content (AvgIpc) is 2.88. The first-order valence-electron chi connectivity index (χ1n) is 4.76. The number of rotatable bonds is 2. The van der Waals surface area contributed by atoms with Crippen LogP contribution in [0.4, 0.5) is 0 Å². The second-order valence-electron chi connectivity index (χ2n) is 3.38. The van der Waals surface area contributed by atoms with Gasteiger partial charge in [-0.1, -0.05) is 5.16 Å². The maximum atomic E-state index is 11.7. The van der Waals surface area contributed by atoms with Gasteiger partial charge in [0, 0.05) is 19.2 Å². The van der Waals surface area contributed by atoms with Gasteiger partial charge in [-0.15, -0.1) is 0 Å². The Morgan fingerprint density at radius 2 is 2.29 bits per heavy atom. The maximum Gasteiger partial charge on any atom is 0.276 e. The van der Waals surface area contributed by atoms with Crippen LogP contribution >= 0.6 is 0 Å². The van der Waals surface area contributed by atoms with Crippen molar-refractivity contribution in [3.05, 3.63) is 17.5 Å². The third-order valence-corrected chi connectivity index (χ3v) is 2.37. The smallest absolute Gasteiger partial charge is 0.276 e. The van der Waals surface area contributed by atoms with E-state index in [0.717, 1.165) is 25.9 Å². The number of amides is 1. The molecule has 2 N–H and O–H groups in total. The molecule has 1 amide bonds. The van der Waals surface area contributed by atoms with Gasteiger partial charge < -0.3 is 15.2 Å². The van der Waals surface area contributed by atoms with E-state index in [9.17, 15) is 4.79 Å². The van der Waals surface area contributed by atoms with E-state index >= 15 is 0 Å². The number of nitrogens with zero attached hydrogens (tertiary/aromatic N) is 2. The predicted octanol–water partition coefficient (Wildman–Crippen LogP) is 0.369. The molecule has 14 heavy (non-hydrogen) atoms. The molecule has 1 fully saturated rings. The largest absolute Gasteiger partial charge is 0.359 e. The van der Waals surface area contributed by atoms with Crippen LogP contribution in [-0.4, -0.2) is 29.1 Å². The molecule has 1 aliphatic rings. The topological polar surface area (TPSA) is 72.4 Å². The van der Waals surface area contributed by atoms with Gasteiger partial charge in [0.1, 0.15) is 0 Å². The minimum atomic E-state index is -0.0500. The molecule has 2 rings (SSSR count). The van der Waals surface area contributed by atoms with Gasteiger partial charge in [-0.25, -0.2) is 0 Å². The van der Waals surface area contributed by atoms with E-state index in [1.807, 2.05) is 0 Å². The van der Waals surface area contributed by atoms with E-state index in [1.54, 1.807) is 11.0 Å². The van der Waals surface area contributed by atoms with Crippen LogP contribution < -0.4 is 5.73 Å². The average molecular weight is 195 g/mol. The highest BCUT2D eigenvalue weighted by Crippen LogP contribution is 2.12. The molecule has 0 atom stereocenters. The van der Waals surface area contributed by atoms with Gasteiger partial charge in [0.25, 0.3) is 5.91 Å². The fraction of sp³-hybridized carbons (Fsp3) is 0.556. The molecule has 0 saturated carbocycles. The number of aromatic nitrogens is 1. The summed E-state index contributed by atoms with van der Waals surface area (Å²) < 4.78 is 4.87. The van der Waals surface area contributed by atoms with Gasteiger partial charge in [-0.3, -0.25) is 4.79 Å². The molecule has 5 nitrogen and oxygen atoms in total. The molecule has 0 radical (unpaired) electrons. The van der Waals surface area contributed by atoms with Crippen LogP contribution in [0.25, 0.3) is 0 Å². The van der Waals surface area contributed by atoms with Crippen LogP contribution in [0.3, 0.4) is 0 Å². The Kier molecular flexibility index (Phi) is 2.49. The number of nitrogens with two attached hydrogens (primary N) is 1. The molecule has 5 heteroatoms. The van der Waals surface area contributed by atoms with Gasteiger partial charge in [0.15, 0.2) is 11.5 Å². The van der Waals surface area contributed by atoms with Crippen molar-refractivity contribution in [2.45, 2.75) is 19.4 Å². The second kappa shape index (κ2) is 3.79. The molecule has 1 aromatic rings. The van der Waals surface area contributed by atoms with Crippen LogP contribution in [0, 0.1) is 0 Å². The molecule has 0 bridgehead atoms. The van der Waals surface area contributed by atoms with Gasteiger partial charge in [-0.05, 0) is 12.8 Å². The standard InChI is InChI=1S/C9H13N3O2/c10-6-7-5-8(11-14-7)9(13)12-3-1-2-4-12/h5H,1-4,6,10H2. The first kappa shape index (κ1) is 9.21. The van der Waals surface area contributed by atoms with E-state index in [1.165, 1.54) is 0 Å². The van der Waals surface area contributed by atoms with Crippen molar-refractivity contribution in [3.8, 4) is 0 Å². The highest BCUT2D eigenvalue weighted by atomic mass is 16.5. The fourth-order valence-electron chi connectivity index (χ4n) is 1.59. The van der Waals surface area contributed by atoms with Crippen LogP contribution in [-0.2, 0) is 6.54 Å². The van der Waals surface area contributed by atoms with Crippen LogP contribution in [0.15, 0.2) is 10.6 Å². The molecule has 1 saturated heterocycles. The monoisotopic (exact) mass is 195 g/mol. The van der Waals surface area contributed by atoms with E-state index in [4.69, 9.17) is 10.3 Å². The minimum Gasteiger partial charge on any atom is -0.359 e. The van der Waals surface area contributed by atoms with Gasteiger partial charge in [-0.2, -0.15) is 0 Å². The molecule has 0 spiro atoms. The summed E-state index contributed by atoms with van der Waals surface area (Å²) in [7, 11) is 0. The Bertz CT molecular complexity index is 329. The lowest BCUT2D eigenvalue weighted by Crippen LogP contribution is -2.27. The lowest BCUT2D eigenvalue weighted by atomic mass is 10.3.